The number of piperazine rings is 1. The van der Waals surface area contributed by atoms with Gasteiger partial charge in [-0.25, -0.2) is 9.59 Å². The van der Waals surface area contributed by atoms with E-state index < -0.39 is 5.97 Å². The van der Waals surface area contributed by atoms with Gasteiger partial charge < -0.3 is 29.7 Å². The number of hydrogen-bond donors (Lipinski definition) is 2. The minimum atomic E-state index is -0.977. The molecule has 0 spiro atoms. The number of carbonyl (C=O) groups is 2. The fraction of sp³-hybridized carbons (Fsp3) is 0.550. The van der Waals surface area contributed by atoms with E-state index in [-0.39, 0.29) is 17.8 Å². The number of carbonyl (C=O) groups excluding carboxylic acids is 1. The number of amides is 1. The second-order valence-corrected chi connectivity index (χ2v) is 6.98. The molecule has 1 amide bonds. The molecule has 1 aromatic rings. The summed E-state index contributed by atoms with van der Waals surface area (Å²) in [5.41, 5.74) is 0.865. The lowest BCUT2D eigenvalue weighted by atomic mass is 10.2. The molecule has 0 saturated carbocycles. The summed E-state index contributed by atoms with van der Waals surface area (Å²) >= 11 is 0. The molecule has 2 N–H and O–H groups in total. The summed E-state index contributed by atoms with van der Waals surface area (Å²) in [6, 6.07) is 6.64. The summed E-state index contributed by atoms with van der Waals surface area (Å²) in [6.07, 6.45) is 1.84. The Labute approximate surface area is 170 Å². The van der Waals surface area contributed by atoms with Crippen LogP contribution in [0, 0.1) is 0 Å². The van der Waals surface area contributed by atoms with Crippen LogP contribution in [0.2, 0.25) is 0 Å². The van der Waals surface area contributed by atoms with E-state index in [9.17, 15) is 14.7 Å². The first-order valence-corrected chi connectivity index (χ1v) is 10.00. The van der Waals surface area contributed by atoms with Crippen LogP contribution < -0.4 is 5.32 Å². The second-order valence-electron chi connectivity index (χ2n) is 6.98. The van der Waals surface area contributed by atoms with Crippen LogP contribution >= 0.6 is 0 Å². The molecule has 0 aliphatic carbocycles. The molecule has 9 nitrogen and oxygen atoms in total. The summed E-state index contributed by atoms with van der Waals surface area (Å²) in [5.74, 6) is -0.318. The van der Waals surface area contributed by atoms with Crippen molar-refractivity contribution < 1.29 is 24.2 Å². The van der Waals surface area contributed by atoms with Gasteiger partial charge in [0.2, 0.25) is 0 Å². The van der Waals surface area contributed by atoms with E-state index in [1.165, 1.54) is 0 Å². The van der Waals surface area contributed by atoms with E-state index in [2.05, 4.69) is 10.2 Å². The molecule has 1 aromatic carbocycles. The van der Waals surface area contributed by atoms with Gasteiger partial charge in [-0.2, -0.15) is 0 Å². The Balaban J connectivity index is 1.70. The molecule has 158 valence electrons. The first kappa shape index (κ1) is 20.9. The number of carboxylic acids is 1. The van der Waals surface area contributed by atoms with Gasteiger partial charge in [0.05, 0.1) is 24.8 Å². The van der Waals surface area contributed by atoms with Crippen molar-refractivity contribution in [2.45, 2.75) is 25.9 Å². The normalized spacial score (nSPS) is 19.9. The Kier molecular flexibility index (Phi) is 7.29. The van der Waals surface area contributed by atoms with Crippen LogP contribution in [0.5, 0.6) is 0 Å². The zero-order valence-electron chi connectivity index (χ0n) is 16.7. The lowest BCUT2D eigenvalue weighted by molar-refractivity contribution is 0.0696. The third-order valence-electron chi connectivity index (χ3n) is 4.94. The lowest BCUT2D eigenvalue weighted by Crippen LogP contribution is -2.52. The van der Waals surface area contributed by atoms with Crippen LogP contribution in [-0.2, 0) is 9.47 Å². The van der Waals surface area contributed by atoms with E-state index in [4.69, 9.17) is 14.5 Å². The van der Waals surface area contributed by atoms with Crippen LogP contribution in [0.25, 0.3) is 0 Å². The number of rotatable bonds is 5. The largest absolute Gasteiger partial charge is 0.478 e. The van der Waals surface area contributed by atoms with Crippen molar-refractivity contribution in [3.63, 3.8) is 0 Å². The van der Waals surface area contributed by atoms with E-state index in [0.29, 0.717) is 51.0 Å². The highest BCUT2D eigenvalue weighted by molar-refractivity contribution is 5.96. The fourth-order valence-electron chi connectivity index (χ4n) is 3.37. The highest BCUT2D eigenvalue weighted by Crippen LogP contribution is 2.15. The van der Waals surface area contributed by atoms with E-state index in [1.54, 1.807) is 30.0 Å². The minimum absolute atomic E-state index is 0.109. The fourth-order valence-corrected chi connectivity index (χ4v) is 3.37. The Morgan fingerprint density at radius 2 is 2.03 bits per heavy atom. The molecule has 2 saturated heterocycles. The summed E-state index contributed by atoms with van der Waals surface area (Å²) in [5, 5.41) is 12.5. The second kappa shape index (κ2) is 10.1. The molecule has 0 bridgehead atoms. The smallest absolute Gasteiger partial charge is 0.409 e. The van der Waals surface area contributed by atoms with Crippen LogP contribution in [0.3, 0.4) is 0 Å². The number of benzene rings is 1. The number of anilines is 1. The number of ether oxygens (including phenoxy) is 2. The topological polar surface area (TPSA) is 104 Å². The van der Waals surface area contributed by atoms with Gasteiger partial charge in [-0.05, 0) is 38.0 Å². The van der Waals surface area contributed by atoms with Crippen LogP contribution in [0.4, 0.5) is 10.5 Å². The van der Waals surface area contributed by atoms with Crippen LogP contribution in [0.1, 0.15) is 30.1 Å². The monoisotopic (exact) mass is 404 g/mol. The van der Waals surface area contributed by atoms with Crippen molar-refractivity contribution in [1.82, 2.24) is 9.80 Å². The molecule has 2 heterocycles. The summed E-state index contributed by atoms with van der Waals surface area (Å²) in [7, 11) is 0. The van der Waals surface area contributed by atoms with Crippen LogP contribution in [-0.4, -0.2) is 85.0 Å². The maximum atomic E-state index is 11.9. The number of aliphatic imine (C=N–C) groups is 1. The molecule has 2 aliphatic rings. The Hall–Kier alpha value is -2.81. The van der Waals surface area contributed by atoms with Crippen molar-refractivity contribution in [3.8, 4) is 0 Å². The maximum Gasteiger partial charge on any atom is 0.409 e. The quantitative estimate of drug-likeness (QED) is 0.572. The van der Waals surface area contributed by atoms with Crippen LogP contribution in [0.15, 0.2) is 29.3 Å². The predicted molar refractivity (Wildman–Crippen MR) is 108 cm³/mol. The van der Waals surface area contributed by atoms with Crippen molar-refractivity contribution >= 4 is 23.7 Å². The van der Waals surface area contributed by atoms with Gasteiger partial charge in [-0.1, -0.05) is 6.07 Å². The maximum absolute atomic E-state index is 11.9. The third kappa shape index (κ3) is 5.83. The summed E-state index contributed by atoms with van der Waals surface area (Å²) < 4.78 is 10.7. The molecular weight excluding hydrogens is 376 g/mol. The molecule has 1 atom stereocenters. The summed E-state index contributed by atoms with van der Waals surface area (Å²) in [6.45, 7) is 5.74. The molecule has 0 unspecified atom stereocenters. The Morgan fingerprint density at radius 3 is 2.69 bits per heavy atom. The highest BCUT2D eigenvalue weighted by Gasteiger charge is 2.25. The highest BCUT2D eigenvalue weighted by atomic mass is 16.6. The van der Waals surface area contributed by atoms with Gasteiger partial charge in [0.25, 0.3) is 0 Å². The number of nitrogens with zero attached hydrogens (tertiary/aromatic N) is 3. The minimum Gasteiger partial charge on any atom is -0.478 e. The standard InChI is InChI=1S/C20H28N4O5/c1-2-28-20(27)24-10-8-23(9-11-24)19(21-14-17-7-4-12-29-17)22-16-6-3-5-15(13-16)18(25)26/h3,5-6,13,17H,2,4,7-12,14H2,1H3,(H,21,22)(H,25,26)/t17-/m1/s1. The van der Waals surface area contributed by atoms with E-state index in [0.717, 1.165) is 19.4 Å². The first-order chi connectivity index (χ1) is 14.1. The van der Waals surface area contributed by atoms with Gasteiger partial charge in [0.15, 0.2) is 5.96 Å². The molecule has 3 rings (SSSR count). The van der Waals surface area contributed by atoms with Gasteiger partial charge in [-0.15, -0.1) is 0 Å². The van der Waals surface area contributed by atoms with E-state index in [1.807, 2.05) is 6.07 Å². The van der Waals surface area contributed by atoms with Crippen molar-refractivity contribution in [3.05, 3.63) is 29.8 Å². The third-order valence-corrected chi connectivity index (χ3v) is 4.94. The van der Waals surface area contributed by atoms with E-state index >= 15 is 0 Å². The zero-order valence-corrected chi connectivity index (χ0v) is 16.7. The number of hydrogen-bond acceptors (Lipinski definition) is 5. The molecule has 0 aromatic heterocycles. The van der Waals surface area contributed by atoms with Crippen molar-refractivity contribution in [2.75, 3.05) is 51.3 Å². The van der Waals surface area contributed by atoms with Gasteiger partial charge in [-0.3, -0.25) is 4.99 Å². The molecule has 2 fully saturated rings. The number of nitrogens with one attached hydrogen (secondary N) is 1. The molecule has 29 heavy (non-hydrogen) atoms. The molecule has 9 heteroatoms. The van der Waals surface area contributed by atoms with Crippen molar-refractivity contribution in [2.24, 2.45) is 4.99 Å². The average molecular weight is 404 g/mol. The number of carboxylic acid groups (broad SMARTS) is 1. The number of guanidine groups is 1. The molecule has 0 radical (unpaired) electrons. The van der Waals surface area contributed by atoms with Gasteiger partial charge in [0, 0.05) is 38.5 Å². The van der Waals surface area contributed by atoms with Gasteiger partial charge in [0.1, 0.15) is 0 Å². The lowest BCUT2D eigenvalue weighted by Gasteiger charge is -2.36. The Morgan fingerprint density at radius 1 is 1.28 bits per heavy atom. The van der Waals surface area contributed by atoms with Crippen molar-refractivity contribution in [1.29, 1.82) is 0 Å². The Bertz CT molecular complexity index is 740. The SMILES string of the molecule is CCOC(=O)N1CCN(C(=NC[C@H]2CCCO2)Nc2cccc(C(=O)O)c2)CC1. The average Bonchev–Trinajstić information content (AvgIpc) is 3.25. The molecular formula is C20H28N4O5. The zero-order chi connectivity index (χ0) is 20.6. The molecule has 2 aliphatic heterocycles. The predicted octanol–water partition coefficient (Wildman–Crippen LogP) is 2.11. The van der Waals surface area contributed by atoms with Gasteiger partial charge >= 0.3 is 12.1 Å². The number of aromatic carboxylic acids is 1. The summed E-state index contributed by atoms with van der Waals surface area (Å²) in [4.78, 5) is 31.7. The first-order valence-electron chi connectivity index (χ1n) is 10.00.